The van der Waals surface area contributed by atoms with Crippen molar-refractivity contribution < 1.29 is 13.6 Å². The second-order valence-corrected chi connectivity index (χ2v) is 5.70. The van der Waals surface area contributed by atoms with E-state index in [2.05, 4.69) is 5.32 Å². The van der Waals surface area contributed by atoms with Gasteiger partial charge in [-0.2, -0.15) is 0 Å². The van der Waals surface area contributed by atoms with Crippen LogP contribution in [0.25, 0.3) is 0 Å². The minimum Gasteiger partial charge on any atom is -0.323 e. The molecule has 2 rings (SSSR count). The Morgan fingerprint density at radius 3 is 2.61 bits per heavy atom. The van der Waals surface area contributed by atoms with E-state index in [0.717, 1.165) is 6.07 Å². The quantitative estimate of drug-likeness (QED) is 0.891. The van der Waals surface area contributed by atoms with E-state index in [1.807, 2.05) is 0 Å². The molecule has 0 aromatic heterocycles. The number of carbonyl (C=O) groups excluding carboxylic acids is 1. The van der Waals surface area contributed by atoms with Crippen LogP contribution in [0.5, 0.6) is 0 Å². The van der Waals surface area contributed by atoms with Crippen molar-refractivity contribution in [2.24, 2.45) is 0 Å². The zero-order valence-corrected chi connectivity index (χ0v) is 13.6. The summed E-state index contributed by atoms with van der Waals surface area (Å²) in [4.78, 5) is 14.0. The third-order valence-electron chi connectivity index (χ3n) is 3.61. The summed E-state index contributed by atoms with van der Waals surface area (Å²) >= 11 is 5.89. The van der Waals surface area contributed by atoms with Crippen LogP contribution in [-0.2, 0) is 11.3 Å². The molecule has 0 saturated carbocycles. The lowest BCUT2D eigenvalue weighted by atomic mass is 10.1. The van der Waals surface area contributed by atoms with Crippen LogP contribution in [0.1, 0.15) is 12.5 Å². The Balaban J connectivity index is 2.02. The van der Waals surface area contributed by atoms with Crippen LogP contribution in [0.2, 0.25) is 5.02 Å². The Hall–Kier alpha value is -1.98. The van der Waals surface area contributed by atoms with E-state index in [4.69, 9.17) is 11.6 Å². The summed E-state index contributed by atoms with van der Waals surface area (Å²) in [5.74, 6) is -1.09. The SMILES string of the molecule is C[C@H](C(=O)Nc1ccc(F)cc1Cl)N(C)Cc1ccccc1F. The number of hydrogen-bond donors (Lipinski definition) is 1. The lowest BCUT2D eigenvalue weighted by molar-refractivity contribution is -0.120. The zero-order chi connectivity index (χ0) is 17.0. The third kappa shape index (κ3) is 4.50. The van der Waals surface area contributed by atoms with Crippen LogP contribution in [0.3, 0.4) is 0 Å². The van der Waals surface area contributed by atoms with Gasteiger partial charge in [-0.3, -0.25) is 9.69 Å². The van der Waals surface area contributed by atoms with Crippen molar-refractivity contribution in [1.29, 1.82) is 0 Å². The second kappa shape index (κ2) is 7.53. The molecule has 23 heavy (non-hydrogen) atoms. The number of nitrogens with one attached hydrogen (secondary N) is 1. The van der Waals surface area contributed by atoms with E-state index in [0.29, 0.717) is 17.8 Å². The number of amides is 1. The maximum absolute atomic E-state index is 13.7. The van der Waals surface area contributed by atoms with E-state index in [1.54, 1.807) is 37.1 Å². The lowest BCUT2D eigenvalue weighted by Crippen LogP contribution is -2.39. The number of rotatable bonds is 5. The molecule has 1 atom stereocenters. The molecule has 3 nitrogen and oxygen atoms in total. The summed E-state index contributed by atoms with van der Waals surface area (Å²) in [6, 6.07) is 9.65. The maximum Gasteiger partial charge on any atom is 0.241 e. The van der Waals surface area contributed by atoms with Crippen LogP contribution in [0, 0.1) is 11.6 Å². The van der Waals surface area contributed by atoms with E-state index in [9.17, 15) is 13.6 Å². The lowest BCUT2D eigenvalue weighted by Gasteiger charge is -2.24. The van der Waals surface area contributed by atoms with E-state index >= 15 is 0 Å². The molecule has 0 heterocycles. The van der Waals surface area contributed by atoms with Crippen LogP contribution in [-0.4, -0.2) is 23.9 Å². The van der Waals surface area contributed by atoms with Gasteiger partial charge in [0.15, 0.2) is 0 Å². The number of benzene rings is 2. The Kier molecular flexibility index (Phi) is 5.69. The first kappa shape index (κ1) is 17.4. The minimum atomic E-state index is -0.518. The van der Waals surface area contributed by atoms with Crippen molar-refractivity contribution in [3.05, 3.63) is 64.7 Å². The van der Waals surface area contributed by atoms with Gasteiger partial charge in [-0.15, -0.1) is 0 Å². The molecule has 0 unspecified atom stereocenters. The van der Waals surface area contributed by atoms with Crippen LogP contribution in [0.15, 0.2) is 42.5 Å². The molecule has 0 spiro atoms. The molecule has 6 heteroatoms. The smallest absolute Gasteiger partial charge is 0.241 e. The molecule has 2 aromatic rings. The molecule has 0 radical (unpaired) electrons. The molecule has 0 fully saturated rings. The maximum atomic E-state index is 13.7. The third-order valence-corrected chi connectivity index (χ3v) is 3.92. The van der Waals surface area contributed by atoms with Gasteiger partial charge in [0.2, 0.25) is 5.91 Å². The van der Waals surface area contributed by atoms with E-state index in [1.165, 1.54) is 18.2 Å². The second-order valence-electron chi connectivity index (χ2n) is 5.30. The Morgan fingerprint density at radius 1 is 1.26 bits per heavy atom. The Morgan fingerprint density at radius 2 is 1.96 bits per heavy atom. The van der Waals surface area contributed by atoms with Crippen molar-refractivity contribution in [2.45, 2.75) is 19.5 Å². The van der Waals surface area contributed by atoms with Gasteiger partial charge >= 0.3 is 0 Å². The highest BCUT2D eigenvalue weighted by molar-refractivity contribution is 6.33. The summed E-state index contributed by atoms with van der Waals surface area (Å²) in [5, 5.41) is 2.77. The fraction of sp³-hybridized carbons (Fsp3) is 0.235. The Labute approximate surface area is 138 Å². The van der Waals surface area contributed by atoms with Crippen LogP contribution < -0.4 is 5.32 Å². The van der Waals surface area contributed by atoms with Gasteiger partial charge < -0.3 is 5.32 Å². The Bertz CT molecular complexity index is 709. The highest BCUT2D eigenvalue weighted by Gasteiger charge is 2.20. The molecular formula is C17H17ClF2N2O. The van der Waals surface area contributed by atoms with Gasteiger partial charge in [-0.05, 0) is 38.2 Å². The van der Waals surface area contributed by atoms with Crippen LogP contribution >= 0.6 is 11.6 Å². The molecule has 1 amide bonds. The summed E-state index contributed by atoms with van der Waals surface area (Å²) in [7, 11) is 1.73. The fourth-order valence-corrected chi connectivity index (χ4v) is 2.27. The summed E-state index contributed by atoms with van der Waals surface area (Å²) in [6.45, 7) is 1.99. The average Bonchev–Trinajstić information content (AvgIpc) is 2.51. The number of carbonyl (C=O) groups is 1. The predicted molar refractivity (Wildman–Crippen MR) is 87.4 cm³/mol. The molecule has 122 valence electrons. The topological polar surface area (TPSA) is 32.3 Å². The monoisotopic (exact) mass is 338 g/mol. The first-order valence-corrected chi connectivity index (χ1v) is 7.46. The van der Waals surface area contributed by atoms with E-state index < -0.39 is 11.9 Å². The minimum absolute atomic E-state index is 0.127. The van der Waals surface area contributed by atoms with Gasteiger partial charge in [-0.25, -0.2) is 8.78 Å². The van der Waals surface area contributed by atoms with Crippen molar-refractivity contribution >= 4 is 23.2 Å². The van der Waals surface area contributed by atoms with Crippen molar-refractivity contribution in [2.75, 3.05) is 12.4 Å². The van der Waals surface area contributed by atoms with Gasteiger partial charge in [-0.1, -0.05) is 29.8 Å². The number of likely N-dealkylation sites (N-methyl/N-ethyl adjacent to an activating group) is 1. The van der Waals surface area contributed by atoms with Gasteiger partial charge in [0, 0.05) is 12.1 Å². The molecule has 0 bridgehead atoms. The standard InChI is InChI=1S/C17H17ClF2N2O/c1-11(22(2)10-12-5-3-4-6-15(12)20)17(23)21-16-8-7-13(19)9-14(16)18/h3-9,11H,10H2,1-2H3,(H,21,23)/t11-/m1/s1. The normalized spacial score (nSPS) is 12.3. The molecule has 0 saturated heterocycles. The first-order chi connectivity index (χ1) is 10.9. The highest BCUT2D eigenvalue weighted by Crippen LogP contribution is 2.23. The highest BCUT2D eigenvalue weighted by atomic mass is 35.5. The number of nitrogens with zero attached hydrogens (tertiary/aromatic N) is 1. The van der Waals surface area contributed by atoms with Gasteiger partial charge in [0.05, 0.1) is 16.8 Å². The van der Waals surface area contributed by atoms with Gasteiger partial charge in [0.25, 0.3) is 0 Å². The molecular weight excluding hydrogens is 322 g/mol. The van der Waals surface area contributed by atoms with Crippen LogP contribution in [0.4, 0.5) is 14.5 Å². The molecule has 0 aliphatic rings. The zero-order valence-electron chi connectivity index (χ0n) is 12.8. The summed E-state index contributed by atoms with van der Waals surface area (Å²) < 4.78 is 26.7. The first-order valence-electron chi connectivity index (χ1n) is 7.08. The average molecular weight is 339 g/mol. The van der Waals surface area contributed by atoms with Crippen molar-refractivity contribution in [1.82, 2.24) is 4.90 Å². The van der Waals surface area contributed by atoms with Gasteiger partial charge in [0.1, 0.15) is 11.6 Å². The number of anilines is 1. The number of halogens is 3. The largest absolute Gasteiger partial charge is 0.323 e. The molecule has 2 aromatic carbocycles. The summed E-state index contributed by atoms with van der Waals surface area (Å²) in [6.07, 6.45) is 0. The molecule has 1 N–H and O–H groups in total. The fourth-order valence-electron chi connectivity index (χ4n) is 2.06. The van der Waals surface area contributed by atoms with Crippen molar-refractivity contribution in [3.8, 4) is 0 Å². The molecule has 0 aliphatic carbocycles. The predicted octanol–water partition coefficient (Wildman–Crippen LogP) is 4.08. The number of hydrogen-bond acceptors (Lipinski definition) is 2. The summed E-state index contributed by atoms with van der Waals surface area (Å²) in [5.41, 5.74) is 0.846. The molecule has 0 aliphatic heterocycles. The van der Waals surface area contributed by atoms with Crippen molar-refractivity contribution in [3.63, 3.8) is 0 Å². The van der Waals surface area contributed by atoms with E-state index in [-0.39, 0.29) is 16.7 Å².